The van der Waals surface area contributed by atoms with Crippen molar-refractivity contribution in [3.8, 4) is 21.8 Å². The van der Waals surface area contributed by atoms with Crippen LogP contribution in [0.3, 0.4) is 0 Å². The smallest absolute Gasteiger partial charge is 0.324 e. The van der Waals surface area contributed by atoms with Gasteiger partial charge in [-0.15, -0.1) is 0 Å². The van der Waals surface area contributed by atoms with Gasteiger partial charge in [0.15, 0.2) is 5.78 Å². The van der Waals surface area contributed by atoms with E-state index in [-0.39, 0.29) is 42.7 Å². The number of esters is 1. The Labute approximate surface area is 379 Å². The highest BCUT2D eigenvalue weighted by molar-refractivity contribution is 7.09. The number of rotatable bonds is 11. The second-order valence-electron chi connectivity index (χ2n) is 18.6. The molecule has 0 spiro atoms. The Balaban J connectivity index is 1.27. The number of fused-ring (bicyclic) bond motifs is 6. The summed E-state index contributed by atoms with van der Waals surface area (Å²) in [5, 5.41) is 6.05. The molecule has 15 nitrogen and oxygen atoms in total. The van der Waals surface area contributed by atoms with Crippen LogP contribution in [0.4, 0.5) is 0 Å². The van der Waals surface area contributed by atoms with E-state index in [9.17, 15) is 24.0 Å². The first kappa shape index (κ1) is 46.7. The van der Waals surface area contributed by atoms with Gasteiger partial charge in [-0.05, 0) is 112 Å². The second kappa shape index (κ2) is 19.4. The number of methoxy groups -OCH3 is 1. The maximum atomic E-state index is 14.6. The minimum Gasteiger partial charge on any atom is -0.464 e. The zero-order valence-corrected chi connectivity index (χ0v) is 39.1. The van der Waals surface area contributed by atoms with Crippen LogP contribution in [0.1, 0.15) is 96.8 Å². The molecule has 2 fully saturated rings. The van der Waals surface area contributed by atoms with Crippen molar-refractivity contribution in [1.82, 2.24) is 39.6 Å². The molecule has 7 rings (SSSR count). The number of carbonyl (C=O) groups is 5. The third-order valence-electron chi connectivity index (χ3n) is 13.1. The summed E-state index contributed by atoms with van der Waals surface area (Å²) in [6, 6.07) is 7.44. The Morgan fingerprint density at radius 2 is 1.91 bits per heavy atom. The fraction of sp³-hybridized carbons (Fsp3) is 0.542. The number of carbonyl (C=O) groups excluding carboxylic acids is 5. The number of hydrazine groups is 1. The average molecular weight is 895 g/mol. The number of cyclic esters (lactones) is 1. The number of amides is 3. The molecule has 3 aromatic heterocycles. The Hall–Kier alpha value is -5.32. The summed E-state index contributed by atoms with van der Waals surface area (Å²) < 4.78 is 18.9. The number of hydrogen-bond acceptors (Lipinski definition) is 12. The van der Waals surface area contributed by atoms with Crippen LogP contribution in [0.5, 0.6) is 0 Å². The number of nitrogens with one attached hydrogen (secondary N) is 2. The lowest BCUT2D eigenvalue weighted by atomic mass is 9.84. The molecular weight excluding hydrogens is 833 g/mol. The number of benzene rings is 1. The van der Waals surface area contributed by atoms with E-state index < -0.39 is 47.2 Å². The Bertz CT molecular complexity index is 2420. The molecule has 6 bridgehead atoms. The average Bonchev–Trinajstić information content (AvgIpc) is 4.05. The van der Waals surface area contributed by atoms with Gasteiger partial charge in [-0.25, -0.2) is 10.4 Å². The second-order valence-corrected chi connectivity index (χ2v) is 19.4. The summed E-state index contributed by atoms with van der Waals surface area (Å²) >= 11 is 1.22. The zero-order chi connectivity index (χ0) is 46.0. The Morgan fingerprint density at radius 3 is 2.62 bits per heavy atom. The molecule has 1 unspecified atom stereocenters. The molecule has 1 aromatic carbocycles. The molecular formula is C48H62N8O7S. The van der Waals surface area contributed by atoms with Crippen molar-refractivity contribution in [2.45, 2.75) is 117 Å². The zero-order valence-electron chi connectivity index (χ0n) is 38.3. The molecule has 5 heterocycles. The number of aryl methyl sites for hydroxylation is 1. The highest BCUT2D eigenvalue weighted by Gasteiger charge is 2.41. The van der Waals surface area contributed by atoms with Crippen LogP contribution in [0.15, 0.2) is 49.2 Å². The number of allylic oxidation sites excluding steroid dienone is 1. The summed E-state index contributed by atoms with van der Waals surface area (Å²) in [5.74, 6) is -2.34. The first-order valence-corrected chi connectivity index (χ1v) is 23.3. The predicted octanol–water partition coefficient (Wildman–Crippen LogP) is 6.25. The summed E-state index contributed by atoms with van der Waals surface area (Å²) in [4.78, 5) is 80.3. The number of ketones is 1. The van der Waals surface area contributed by atoms with Crippen molar-refractivity contribution in [1.29, 1.82) is 0 Å². The fourth-order valence-corrected chi connectivity index (χ4v) is 10.4. The summed E-state index contributed by atoms with van der Waals surface area (Å²) in [6.45, 7) is 16.7. The molecule has 2 aliphatic heterocycles. The van der Waals surface area contributed by atoms with Gasteiger partial charge in [0.2, 0.25) is 11.8 Å². The van der Waals surface area contributed by atoms with E-state index in [0.717, 1.165) is 39.0 Å². The number of nitrogens with zero attached hydrogens (tertiary/aromatic N) is 6. The number of aromatic nitrogens is 4. The SMILES string of the molecule is C=CC(=O)C1CC[C@H](C(=O)N(C)[C@H](C(=O)N[C@H]2Cc3nsc(n3)-c3ccc4c(c3)c(c(-c3cccnc3[C@H](C)OC)n4CC)CC(C)(C)COC(=O)[C@@H]3CCCN(N3)C2=O)C(C)C)C1. The number of ether oxygens (including phenoxy) is 2. The van der Waals surface area contributed by atoms with Crippen LogP contribution >= 0.6 is 11.5 Å². The van der Waals surface area contributed by atoms with E-state index in [0.29, 0.717) is 62.4 Å². The van der Waals surface area contributed by atoms with Crippen molar-refractivity contribution in [3.63, 3.8) is 0 Å². The third-order valence-corrected chi connectivity index (χ3v) is 13.9. The lowest BCUT2D eigenvalue weighted by Gasteiger charge is -2.36. The number of likely N-dealkylation sites (N-methyl/N-ethyl adjacent to an activating group) is 1. The van der Waals surface area contributed by atoms with Gasteiger partial charge in [0.25, 0.3) is 5.91 Å². The number of hydrogen-bond donors (Lipinski definition) is 2. The van der Waals surface area contributed by atoms with Crippen LogP contribution in [-0.4, -0.2) is 104 Å². The Morgan fingerprint density at radius 1 is 1.14 bits per heavy atom. The van der Waals surface area contributed by atoms with E-state index >= 15 is 0 Å². The van der Waals surface area contributed by atoms with Gasteiger partial charge in [-0.2, -0.15) is 4.37 Å². The van der Waals surface area contributed by atoms with Crippen LogP contribution in [0.25, 0.3) is 32.7 Å². The van der Waals surface area contributed by atoms with E-state index in [1.54, 1.807) is 20.4 Å². The first-order valence-electron chi connectivity index (χ1n) is 22.5. The van der Waals surface area contributed by atoms with Crippen LogP contribution < -0.4 is 10.7 Å². The molecule has 64 heavy (non-hydrogen) atoms. The molecule has 1 aliphatic carbocycles. The molecule has 3 amide bonds. The largest absolute Gasteiger partial charge is 0.464 e. The van der Waals surface area contributed by atoms with Gasteiger partial charge in [-0.1, -0.05) is 34.3 Å². The molecule has 2 N–H and O–H groups in total. The normalized spacial score (nSPS) is 22.4. The highest BCUT2D eigenvalue weighted by atomic mass is 32.1. The maximum Gasteiger partial charge on any atom is 0.324 e. The maximum absolute atomic E-state index is 14.6. The monoisotopic (exact) mass is 894 g/mol. The minimum atomic E-state index is -1.14. The van der Waals surface area contributed by atoms with Crippen LogP contribution in [0, 0.1) is 23.2 Å². The molecule has 342 valence electrons. The van der Waals surface area contributed by atoms with Crippen molar-refractivity contribution in [3.05, 3.63) is 66.3 Å². The molecule has 4 aromatic rings. The van der Waals surface area contributed by atoms with Crippen molar-refractivity contribution >= 4 is 51.9 Å². The fourth-order valence-electron chi connectivity index (χ4n) is 9.70. The van der Waals surface area contributed by atoms with Gasteiger partial charge < -0.3 is 24.3 Å². The quantitative estimate of drug-likeness (QED) is 0.129. The third kappa shape index (κ3) is 9.55. The standard InChI is InChI=1S/C48H62N8O7S/c1-10-38(57)29-16-17-31(22-29)45(59)54(8)41(27(3)4)43(58)50-36-24-39-51-44(64-53-39)30-18-19-37-33(23-30)34(42(55(37)11-2)32-14-12-20-49-40(32)28(5)62-9)25-48(6,7)26-63-47(61)35-15-13-21-56(52-35)46(36)60/h10,12,14,18-20,23,27-29,31,35-36,41,52H,1,11,13,15-17,21-22,24-26H2,2-9H3,(H,50,58)/t28-,29?,31-,35-,36-,41-/m0/s1. The predicted molar refractivity (Wildman–Crippen MR) is 245 cm³/mol. The van der Waals surface area contributed by atoms with Crippen molar-refractivity contribution in [2.24, 2.45) is 23.2 Å². The molecule has 0 radical (unpaired) electrons. The molecule has 6 atom stereocenters. The van der Waals surface area contributed by atoms with Gasteiger partial charge >= 0.3 is 5.97 Å². The number of pyridine rings is 1. The molecule has 1 saturated heterocycles. The lowest BCUT2D eigenvalue weighted by Crippen LogP contribution is -2.62. The van der Waals surface area contributed by atoms with Gasteiger partial charge in [0.1, 0.15) is 29.0 Å². The molecule has 1 saturated carbocycles. The summed E-state index contributed by atoms with van der Waals surface area (Å²) in [5.41, 5.74) is 8.37. The van der Waals surface area contributed by atoms with Gasteiger partial charge in [0.05, 0.1) is 24.1 Å². The van der Waals surface area contributed by atoms with Crippen molar-refractivity contribution in [2.75, 3.05) is 27.3 Å². The van der Waals surface area contributed by atoms with Gasteiger partial charge in [-0.3, -0.25) is 34.0 Å². The first-order chi connectivity index (χ1) is 30.5. The minimum absolute atomic E-state index is 0.0374. The molecule has 16 heteroatoms. The highest BCUT2D eigenvalue weighted by Crippen LogP contribution is 2.42. The van der Waals surface area contributed by atoms with E-state index in [1.165, 1.54) is 27.5 Å². The summed E-state index contributed by atoms with van der Waals surface area (Å²) in [6.07, 6.45) is 5.87. The molecule has 3 aliphatic rings. The van der Waals surface area contributed by atoms with E-state index in [4.69, 9.17) is 23.8 Å². The van der Waals surface area contributed by atoms with Gasteiger partial charge in [0, 0.05) is 79.1 Å². The summed E-state index contributed by atoms with van der Waals surface area (Å²) in [7, 11) is 3.28. The van der Waals surface area contributed by atoms with Crippen LogP contribution in [0.2, 0.25) is 0 Å². The Kier molecular flexibility index (Phi) is 14.2. The van der Waals surface area contributed by atoms with Crippen molar-refractivity contribution < 1.29 is 33.4 Å². The van der Waals surface area contributed by atoms with E-state index in [2.05, 4.69) is 60.9 Å². The van der Waals surface area contributed by atoms with Crippen LogP contribution in [-0.2, 0) is 52.8 Å². The van der Waals surface area contributed by atoms with E-state index in [1.807, 2.05) is 32.9 Å². The topological polar surface area (TPSA) is 178 Å². The lowest BCUT2D eigenvalue weighted by molar-refractivity contribution is -0.155.